The Kier molecular flexibility index (Phi) is 5.86. The molecule has 0 spiro atoms. The molecule has 112 valence electrons. The molecular weight excluding hydrogens is 248 g/mol. The molecule has 3 heteroatoms. The highest BCUT2D eigenvalue weighted by Crippen LogP contribution is 2.20. The normalized spacial score (nSPS) is 18.7. The van der Waals surface area contributed by atoms with E-state index >= 15 is 0 Å². The Balaban J connectivity index is 1.97. The molecule has 1 aromatic rings. The third kappa shape index (κ3) is 4.22. The van der Waals surface area contributed by atoms with Gasteiger partial charge in [0.2, 0.25) is 0 Å². The summed E-state index contributed by atoms with van der Waals surface area (Å²) in [4.78, 5) is 2.57. The lowest BCUT2D eigenvalue weighted by Gasteiger charge is -2.25. The number of nitrogens with one attached hydrogen (secondary N) is 1. The van der Waals surface area contributed by atoms with Crippen LogP contribution >= 0.6 is 0 Å². The number of ether oxygens (including phenoxy) is 1. The maximum absolute atomic E-state index is 5.34. The molecule has 1 aliphatic heterocycles. The topological polar surface area (TPSA) is 24.5 Å². The fourth-order valence-electron chi connectivity index (χ4n) is 3.07. The number of nitrogens with zero attached hydrogens (tertiary/aromatic N) is 1. The van der Waals surface area contributed by atoms with Crippen LogP contribution < -0.4 is 10.1 Å². The molecule has 1 atom stereocenters. The number of hydrogen-bond donors (Lipinski definition) is 1. The minimum Gasteiger partial charge on any atom is -0.496 e. The summed E-state index contributed by atoms with van der Waals surface area (Å²) >= 11 is 0. The molecule has 0 bridgehead atoms. The molecule has 1 aromatic carbocycles. The quantitative estimate of drug-likeness (QED) is 0.828. The van der Waals surface area contributed by atoms with Crippen LogP contribution in [0.15, 0.2) is 18.2 Å². The third-order valence-corrected chi connectivity index (χ3v) is 4.05. The van der Waals surface area contributed by atoms with Crippen molar-refractivity contribution in [2.75, 3.05) is 26.7 Å². The molecule has 1 unspecified atom stereocenters. The van der Waals surface area contributed by atoms with E-state index in [-0.39, 0.29) is 0 Å². The van der Waals surface area contributed by atoms with Crippen molar-refractivity contribution < 1.29 is 4.74 Å². The van der Waals surface area contributed by atoms with Gasteiger partial charge in [0.15, 0.2) is 0 Å². The molecular formula is C17H28N2O. The minimum absolute atomic E-state index is 0.681. The fraction of sp³-hybridized carbons (Fsp3) is 0.647. The van der Waals surface area contributed by atoms with Crippen molar-refractivity contribution in [3.8, 4) is 5.75 Å². The van der Waals surface area contributed by atoms with Gasteiger partial charge in [0.1, 0.15) is 5.75 Å². The van der Waals surface area contributed by atoms with Crippen LogP contribution in [-0.2, 0) is 6.54 Å². The zero-order valence-electron chi connectivity index (χ0n) is 13.1. The highest BCUT2D eigenvalue weighted by molar-refractivity contribution is 5.36. The van der Waals surface area contributed by atoms with Gasteiger partial charge in [-0.05, 0) is 56.5 Å². The molecule has 1 saturated heterocycles. The lowest BCUT2D eigenvalue weighted by molar-refractivity contribution is 0.241. The molecule has 1 heterocycles. The predicted molar refractivity (Wildman–Crippen MR) is 84.3 cm³/mol. The lowest BCUT2D eigenvalue weighted by Crippen LogP contribution is -2.37. The molecule has 0 amide bonds. The van der Waals surface area contributed by atoms with Crippen LogP contribution in [-0.4, -0.2) is 37.7 Å². The van der Waals surface area contributed by atoms with Crippen LogP contribution in [0.2, 0.25) is 0 Å². The first-order chi connectivity index (χ1) is 9.72. The second-order valence-electron chi connectivity index (χ2n) is 5.83. The molecule has 3 nitrogen and oxygen atoms in total. The Morgan fingerprint density at radius 2 is 2.25 bits per heavy atom. The standard InChI is InChI=1S/C17H28N2O/c1-4-10-19(13-16-6-5-9-18-16)12-15-7-8-17(20-3)14(2)11-15/h7-8,11,16,18H,4-6,9-10,12-13H2,1-3H3. The largest absolute Gasteiger partial charge is 0.496 e. The summed E-state index contributed by atoms with van der Waals surface area (Å²) in [5, 5.41) is 3.60. The van der Waals surface area contributed by atoms with Crippen molar-refractivity contribution in [1.29, 1.82) is 0 Å². The molecule has 2 rings (SSSR count). The van der Waals surface area contributed by atoms with E-state index in [4.69, 9.17) is 4.74 Å². The third-order valence-electron chi connectivity index (χ3n) is 4.05. The minimum atomic E-state index is 0.681. The molecule has 1 fully saturated rings. The number of rotatable bonds is 7. The van der Waals surface area contributed by atoms with Crippen molar-refractivity contribution >= 4 is 0 Å². The highest BCUT2D eigenvalue weighted by Gasteiger charge is 2.17. The van der Waals surface area contributed by atoms with Gasteiger partial charge < -0.3 is 10.1 Å². The SMILES string of the molecule is CCCN(Cc1ccc(OC)c(C)c1)CC1CCCN1. The van der Waals surface area contributed by atoms with E-state index in [1.165, 1.54) is 50.0 Å². The Morgan fingerprint density at radius 1 is 1.40 bits per heavy atom. The van der Waals surface area contributed by atoms with E-state index < -0.39 is 0 Å². The van der Waals surface area contributed by atoms with E-state index in [1.54, 1.807) is 7.11 Å². The summed E-state index contributed by atoms with van der Waals surface area (Å²) in [7, 11) is 1.73. The first kappa shape index (κ1) is 15.3. The number of benzene rings is 1. The molecule has 20 heavy (non-hydrogen) atoms. The average molecular weight is 276 g/mol. The Morgan fingerprint density at radius 3 is 2.85 bits per heavy atom. The van der Waals surface area contributed by atoms with Gasteiger partial charge >= 0.3 is 0 Å². The summed E-state index contributed by atoms with van der Waals surface area (Å²) in [6, 6.07) is 7.21. The summed E-state index contributed by atoms with van der Waals surface area (Å²) in [6.45, 7) is 8.94. The zero-order valence-corrected chi connectivity index (χ0v) is 13.1. The van der Waals surface area contributed by atoms with Crippen LogP contribution in [0.4, 0.5) is 0 Å². The number of hydrogen-bond acceptors (Lipinski definition) is 3. The van der Waals surface area contributed by atoms with E-state index in [0.717, 1.165) is 12.3 Å². The monoisotopic (exact) mass is 276 g/mol. The second kappa shape index (κ2) is 7.65. The molecule has 0 aliphatic carbocycles. The van der Waals surface area contributed by atoms with Gasteiger partial charge in [-0.15, -0.1) is 0 Å². The summed E-state index contributed by atoms with van der Waals surface area (Å²) in [5.74, 6) is 0.980. The van der Waals surface area contributed by atoms with Gasteiger partial charge in [-0.3, -0.25) is 4.90 Å². The van der Waals surface area contributed by atoms with Gasteiger partial charge in [-0.2, -0.15) is 0 Å². The zero-order chi connectivity index (χ0) is 14.4. The first-order valence-electron chi connectivity index (χ1n) is 7.82. The molecule has 0 aromatic heterocycles. The van der Waals surface area contributed by atoms with Crippen LogP contribution in [0.1, 0.15) is 37.3 Å². The van der Waals surface area contributed by atoms with Crippen LogP contribution in [0.3, 0.4) is 0 Å². The van der Waals surface area contributed by atoms with Crippen molar-refractivity contribution in [2.45, 2.75) is 45.7 Å². The lowest BCUT2D eigenvalue weighted by atomic mass is 10.1. The van der Waals surface area contributed by atoms with Crippen molar-refractivity contribution in [1.82, 2.24) is 10.2 Å². The Bertz CT molecular complexity index is 413. The van der Waals surface area contributed by atoms with Gasteiger partial charge in [-0.25, -0.2) is 0 Å². The maximum atomic E-state index is 5.34. The second-order valence-corrected chi connectivity index (χ2v) is 5.83. The van der Waals surface area contributed by atoms with Gasteiger partial charge in [0, 0.05) is 19.1 Å². The average Bonchev–Trinajstić information content (AvgIpc) is 2.92. The predicted octanol–water partition coefficient (Wildman–Crippen LogP) is 2.97. The molecule has 0 saturated carbocycles. The first-order valence-corrected chi connectivity index (χ1v) is 7.82. The van der Waals surface area contributed by atoms with Crippen LogP contribution in [0.25, 0.3) is 0 Å². The fourth-order valence-corrected chi connectivity index (χ4v) is 3.07. The van der Waals surface area contributed by atoms with Crippen molar-refractivity contribution in [2.24, 2.45) is 0 Å². The van der Waals surface area contributed by atoms with E-state index in [1.807, 2.05) is 0 Å². The van der Waals surface area contributed by atoms with Gasteiger partial charge in [0.25, 0.3) is 0 Å². The van der Waals surface area contributed by atoms with Crippen molar-refractivity contribution in [3.05, 3.63) is 29.3 Å². The van der Waals surface area contributed by atoms with E-state index in [2.05, 4.69) is 42.3 Å². The van der Waals surface area contributed by atoms with E-state index in [0.29, 0.717) is 6.04 Å². The summed E-state index contributed by atoms with van der Waals surface area (Å²) < 4.78 is 5.34. The maximum Gasteiger partial charge on any atom is 0.121 e. The smallest absolute Gasteiger partial charge is 0.121 e. The molecule has 1 N–H and O–H groups in total. The number of methoxy groups -OCH3 is 1. The van der Waals surface area contributed by atoms with Gasteiger partial charge in [0.05, 0.1) is 7.11 Å². The molecule has 0 radical (unpaired) electrons. The van der Waals surface area contributed by atoms with Gasteiger partial charge in [-0.1, -0.05) is 19.1 Å². The Hall–Kier alpha value is -1.06. The van der Waals surface area contributed by atoms with Crippen LogP contribution in [0.5, 0.6) is 5.75 Å². The Labute approximate surface area is 123 Å². The highest BCUT2D eigenvalue weighted by atomic mass is 16.5. The summed E-state index contributed by atoms with van der Waals surface area (Å²) in [5.41, 5.74) is 2.61. The molecule has 1 aliphatic rings. The number of aryl methyl sites for hydroxylation is 1. The van der Waals surface area contributed by atoms with Crippen LogP contribution in [0, 0.1) is 6.92 Å². The van der Waals surface area contributed by atoms with Crippen molar-refractivity contribution in [3.63, 3.8) is 0 Å². The summed E-state index contributed by atoms with van der Waals surface area (Å²) in [6.07, 6.45) is 3.86. The van der Waals surface area contributed by atoms with E-state index in [9.17, 15) is 0 Å².